The van der Waals surface area contributed by atoms with Crippen LogP contribution in [0, 0.1) is 23.7 Å². The molecule has 1 saturated heterocycles. The number of nitrogens with one attached hydrogen (secondary N) is 1. The van der Waals surface area contributed by atoms with Gasteiger partial charge in [0.15, 0.2) is 0 Å². The van der Waals surface area contributed by atoms with Crippen molar-refractivity contribution >= 4 is 11.8 Å². The van der Waals surface area contributed by atoms with Crippen molar-refractivity contribution in [3.05, 3.63) is 0 Å². The van der Waals surface area contributed by atoms with Crippen molar-refractivity contribution in [2.75, 3.05) is 6.54 Å². The molecule has 1 heterocycles. The molecule has 0 aromatic carbocycles. The van der Waals surface area contributed by atoms with Crippen LogP contribution in [-0.2, 0) is 9.59 Å². The highest BCUT2D eigenvalue weighted by molar-refractivity contribution is 5.84. The van der Waals surface area contributed by atoms with Crippen molar-refractivity contribution in [1.29, 1.82) is 0 Å². The molecule has 1 N–H and O–H groups in total. The van der Waals surface area contributed by atoms with Crippen LogP contribution in [0.5, 0.6) is 0 Å². The van der Waals surface area contributed by atoms with Gasteiger partial charge in [0.2, 0.25) is 11.8 Å². The Labute approximate surface area is 144 Å². The number of alkyl halides is 1. The second-order valence-electron chi connectivity index (χ2n) is 8.21. The van der Waals surface area contributed by atoms with Gasteiger partial charge in [-0.15, -0.1) is 0 Å². The molecule has 6 unspecified atom stereocenters. The van der Waals surface area contributed by atoms with Crippen molar-refractivity contribution in [3.63, 3.8) is 0 Å². The van der Waals surface area contributed by atoms with Crippen LogP contribution in [0.1, 0.15) is 59.3 Å². The minimum atomic E-state index is -0.944. The van der Waals surface area contributed by atoms with Crippen LogP contribution in [0.25, 0.3) is 0 Å². The Morgan fingerprint density at radius 1 is 1.29 bits per heavy atom. The van der Waals surface area contributed by atoms with E-state index in [1.165, 1.54) is 0 Å². The summed E-state index contributed by atoms with van der Waals surface area (Å²) < 4.78 is 13.3. The van der Waals surface area contributed by atoms with Crippen LogP contribution in [0.3, 0.4) is 0 Å². The molecule has 0 aromatic rings. The standard InChI is InChI=1S/C19H31FN2O2/c1-4-7-12(11(2)3)18(23)21-16-13-8-5-6-9-22(17(13)16)19(24)14-10-15(14)20/h11-17H,4-10H2,1-3H3,(H,21,23). The van der Waals surface area contributed by atoms with Gasteiger partial charge in [0.1, 0.15) is 6.17 Å². The summed E-state index contributed by atoms with van der Waals surface area (Å²) in [6, 6.07) is 0.183. The van der Waals surface area contributed by atoms with Gasteiger partial charge < -0.3 is 10.2 Å². The number of fused-ring (bicyclic) bond motifs is 1. The van der Waals surface area contributed by atoms with E-state index in [-0.39, 0.29) is 29.8 Å². The number of amides is 2. The first kappa shape index (κ1) is 17.7. The maximum Gasteiger partial charge on any atom is 0.229 e. The Hall–Kier alpha value is -1.13. The van der Waals surface area contributed by atoms with Gasteiger partial charge >= 0.3 is 0 Å². The third-order valence-corrected chi connectivity index (χ3v) is 6.04. The summed E-state index contributed by atoms with van der Waals surface area (Å²) in [7, 11) is 0. The normalized spacial score (nSPS) is 35.9. The first-order valence-corrected chi connectivity index (χ1v) is 9.70. The smallest absolute Gasteiger partial charge is 0.229 e. The number of halogens is 1. The molecule has 6 atom stereocenters. The van der Waals surface area contributed by atoms with E-state index in [1.807, 2.05) is 4.90 Å². The Balaban J connectivity index is 1.63. The Bertz CT molecular complexity index is 496. The van der Waals surface area contributed by atoms with Crippen molar-refractivity contribution in [3.8, 4) is 0 Å². The van der Waals surface area contributed by atoms with E-state index in [0.29, 0.717) is 18.3 Å². The van der Waals surface area contributed by atoms with Crippen LogP contribution >= 0.6 is 0 Å². The molecule has 3 fully saturated rings. The molecule has 136 valence electrons. The van der Waals surface area contributed by atoms with Crippen LogP contribution in [0.15, 0.2) is 0 Å². The first-order chi connectivity index (χ1) is 11.5. The second kappa shape index (κ2) is 7.01. The number of hydrogen-bond donors (Lipinski definition) is 1. The van der Waals surface area contributed by atoms with E-state index < -0.39 is 12.1 Å². The molecule has 2 aliphatic carbocycles. The fraction of sp³-hybridized carbons (Fsp3) is 0.895. The molecule has 0 aromatic heterocycles. The largest absolute Gasteiger partial charge is 0.351 e. The number of hydrogen-bond acceptors (Lipinski definition) is 2. The van der Waals surface area contributed by atoms with Gasteiger partial charge in [-0.1, -0.05) is 33.6 Å². The zero-order valence-electron chi connectivity index (χ0n) is 15.1. The van der Waals surface area contributed by atoms with E-state index in [2.05, 4.69) is 26.1 Å². The van der Waals surface area contributed by atoms with Gasteiger partial charge in [0.25, 0.3) is 0 Å². The van der Waals surface area contributed by atoms with Crippen LogP contribution in [0.4, 0.5) is 4.39 Å². The summed E-state index contributed by atoms with van der Waals surface area (Å²) in [6.07, 6.45) is 4.48. The third-order valence-electron chi connectivity index (χ3n) is 6.04. The fourth-order valence-electron chi connectivity index (χ4n) is 4.37. The van der Waals surface area contributed by atoms with Crippen molar-refractivity contribution in [2.45, 2.75) is 77.6 Å². The Kier molecular flexibility index (Phi) is 5.16. The number of rotatable bonds is 6. The highest BCUT2D eigenvalue weighted by atomic mass is 19.1. The third kappa shape index (κ3) is 3.45. The number of likely N-dealkylation sites (tertiary alicyclic amines) is 1. The summed E-state index contributed by atoms with van der Waals surface area (Å²) in [4.78, 5) is 27.1. The van der Waals surface area contributed by atoms with Gasteiger partial charge in [-0.3, -0.25) is 9.59 Å². The lowest BCUT2D eigenvalue weighted by atomic mass is 9.90. The predicted octanol–water partition coefficient (Wildman–Crippen LogP) is 2.91. The van der Waals surface area contributed by atoms with Crippen molar-refractivity contribution in [1.82, 2.24) is 10.2 Å². The fourth-order valence-corrected chi connectivity index (χ4v) is 4.37. The van der Waals surface area contributed by atoms with Crippen molar-refractivity contribution in [2.24, 2.45) is 23.7 Å². The maximum absolute atomic E-state index is 13.3. The van der Waals surface area contributed by atoms with Crippen LogP contribution in [-0.4, -0.2) is 41.5 Å². The molecular formula is C19H31FN2O2. The van der Waals surface area contributed by atoms with E-state index in [1.54, 1.807) is 0 Å². The lowest BCUT2D eigenvalue weighted by Crippen LogP contribution is -2.42. The molecule has 3 rings (SSSR count). The summed E-state index contributed by atoms with van der Waals surface area (Å²) in [5.41, 5.74) is 0. The second-order valence-corrected chi connectivity index (χ2v) is 8.21. The number of carbonyl (C=O) groups excluding carboxylic acids is 2. The zero-order valence-corrected chi connectivity index (χ0v) is 15.1. The van der Waals surface area contributed by atoms with Crippen LogP contribution < -0.4 is 5.32 Å². The molecule has 5 heteroatoms. The lowest BCUT2D eigenvalue weighted by Gasteiger charge is -2.24. The molecule has 2 saturated carbocycles. The van der Waals surface area contributed by atoms with Crippen molar-refractivity contribution < 1.29 is 14.0 Å². The molecule has 1 aliphatic heterocycles. The highest BCUT2D eigenvalue weighted by Gasteiger charge is 2.58. The predicted molar refractivity (Wildman–Crippen MR) is 91.0 cm³/mol. The first-order valence-electron chi connectivity index (χ1n) is 9.70. The van der Waals surface area contributed by atoms with Gasteiger partial charge in [0.05, 0.1) is 18.0 Å². The van der Waals surface area contributed by atoms with Crippen LogP contribution in [0.2, 0.25) is 0 Å². The van der Waals surface area contributed by atoms with E-state index in [9.17, 15) is 14.0 Å². The molecule has 24 heavy (non-hydrogen) atoms. The minimum absolute atomic E-state index is 0.0230. The Morgan fingerprint density at radius 2 is 2.00 bits per heavy atom. The van der Waals surface area contributed by atoms with E-state index in [0.717, 1.165) is 38.6 Å². The SMILES string of the molecule is CCCC(C(=O)NC1C2CCCCN(C(=O)C3CC3F)C21)C(C)C. The molecule has 0 bridgehead atoms. The molecule has 2 amide bonds. The number of nitrogens with zero attached hydrogens (tertiary/aromatic N) is 1. The quantitative estimate of drug-likeness (QED) is 0.809. The van der Waals surface area contributed by atoms with E-state index in [4.69, 9.17) is 0 Å². The Morgan fingerprint density at radius 3 is 2.58 bits per heavy atom. The lowest BCUT2D eigenvalue weighted by molar-refractivity contribution is -0.134. The zero-order chi connectivity index (χ0) is 17.4. The average molecular weight is 338 g/mol. The van der Waals surface area contributed by atoms with E-state index >= 15 is 0 Å². The summed E-state index contributed by atoms with van der Waals surface area (Å²) in [5, 5.41) is 3.22. The van der Waals surface area contributed by atoms with Gasteiger partial charge in [-0.2, -0.15) is 0 Å². The monoisotopic (exact) mass is 338 g/mol. The molecular weight excluding hydrogens is 307 g/mol. The summed E-state index contributed by atoms with van der Waals surface area (Å²) >= 11 is 0. The molecule has 3 aliphatic rings. The average Bonchev–Trinajstić information content (AvgIpc) is 3.41. The summed E-state index contributed by atoms with van der Waals surface area (Å²) in [6.45, 7) is 7.01. The topological polar surface area (TPSA) is 49.4 Å². The highest BCUT2D eigenvalue weighted by Crippen LogP contribution is 2.46. The maximum atomic E-state index is 13.3. The van der Waals surface area contributed by atoms with Gasteiger partial charge in [-0.25, -0.2) is 4.39 Å². The van der Waals surface area contributed by atoms with Gasteiger partial charge in [0, 0.05) is 18.4 Å². The number of carbonyl (C=O) groups is 2. The molecule has 0 radical (unpaired) electrons. The summed E-state index contributed by atoms with van der Waals surface area (Å²) in [5.74, 6) is 0.431. The minimum Gasteiger partial charge on any atom is -0.351 e. The van der Waals surface area contributed by atoms with Gasteiger partial charge in [-0.05, 0) is 31.6 Å². The molecule has 0 spiro atoms. The molecule has 4 nitrogen and oxygen atoms in total.